The number of aliphatic hydroxyl groups is 1. The minimum atomic E-state index is -0.310. The molecule has 1 aromatic rings. The molecule has 2 rings (SSSR count). The Hall–Kier alpha value is -0.970. The molecule has 1 aliphatic rings. The third kappa shape index (κ3) is 2.75. The fourth-order valence-corrected chi connectivity index (χ4v) is 2.32. The highest BCUT2D eigenvalue weighted by atomic mass is 16.3. The number of aryl methyl sites for hydroxylation is 1. The summed E-state index contributed by atoms with van der Waals surface area (Å²) < 4.78 is 1.67. The first-order chi connectivity index (χ1) is 7.25. The van der Waals surface area contributed by atoms with Gasteiger partial charge in [0.25, 0.3) is 0 Å². The van der Waals surface area contributed by atoms with Crippen LogP contribution in [-0.4, -0.2) is 31.4 Å². The molecule has 1 aromatic heterocycles. The van der Waals surface area contributed by atoms with Gasteiger partial charge in [-0.3, -0.25) is 0 Å². The number of hydrogen-bond donors (Lipinski definition) is 1. The first-order valence-corrected chi connectivity index (χ1v) is 5.66. The molecule has 0 saturated heterocycles. The van der Waals surface area contributed by atoms with E-state index in [-0.39, 0.29) is 6.10 Å². The topological polar surface area (TPSA) is 63.8 Å². The van der Waals surface area contributed by atoms with Crippen molar-refractivity contribution in [1.29, 1.82) is 0 Å². The second kappa shape index (κ2) is 4.70. The number of aliphatic hydroxyl groups excluding tert-OH is 1. The van der Waals surface area contributed by atoms with E-state index in [0.29, 0.717) is 12.5 Å². The average Bonchev–Trinajstić information content (AvgIpc) is 2.79. The fourth-order valence-electron chi connectivity index (χ4n) is 2.32. The van der Waals surface area contributed by atoms with E-state index in [4.69, 9.17) is 0 Å². The molecule has 1 N–H and O–H groups in total. The maximum Gasteiger partial charge on any atom is 0.148 e. The van der Waals surface area contributed by atoms with Crippen molar-refractivity contribution in [3.05, 3.63) is 5.82 Å². The van der Waals surface area contributed by atoms with E-state index in [1.807, 2.05) is 6.92 Å². The van der Waals surface area contributed by atoms with Crippen LogP contribution in [0.4, 0.5) is 0 Å². The molecule has 1 unspecified atom stereocenters. The molecule has 0 amide bonds. The molecule has 5 nitrogen and oxygen atoms in total. The van der Waals surface area contributed by atoms with Gasteiger partial charge in [-0.15, -0.1) is 5.10 Å². The normalized spacial score (nSPS) is 19.6. The third-order valence-corrected chi connectivity index (χ3v) is 3.17. The highest BCUT2D eigenvalue weighted by Gasteiger charge is 2.19. The Morgan fingerprint density at radius 3 is 2.80 bits per heavy atom. The largest absolute Gasteiger partial charge is 0.391 e. The van der Waals surface area contributed by atoms with Crippen LogP contribution < -0.4 is 0 Å². The fraction of sp³-hybridized carbons (Fsp3) is 0.900. The number of hydrogen-bond acceptors (Lipinski definition) is 4. The smallest absolute Gasteiger partial charge is 0.148 e. The minimum absolute atomic E-state index is 0.310. The Morgan fingerprint density at radius 2 is 2.20 bits per heavy atom. The summed E-state index contributed by atoms with van der Waals surface area (Å²) in [7, 11) is 0. The molecule has 0 radical (unpaired) electrons. The maximum absolute atomic E-state index is 9.89. The zero-order valence-corrected chi connectivity index (χ0v) is 9.13. The number of aromatic nitrogens is 4. The van der Waals surface area contributed by atoms with Crippen LogP contribution in [0, 0.1) is 12.8 Å². The van der Waals surface area contributed by atoms with Crippen LogP contribution in [-0.2, 0) is 6.54 Å². The van der Waals surface area contributed by atoms with Crippen LogP contribution >= 0.6 is 0 Å². The second-order valence-electron chi connectivity index (χ2n) is 4.45. The quantitative estimate of drug-likeness (QED) is 0.802. The molecule has 0 aliphatic heterocycles. The van der Waals surface area contributed by atoms with Crippen molar-refractivity contribution in [1.82, 2.24) is 20.2 Å². The molecular formula is C10H18N4O. The van der Waals surface area contributed by atoms with Gasteiger partial charge in [0.2, 0.25) is 0 Å². The highest BCUT2D eigenvalue weighted by Crippen LogP contribution is 2.28. The van der Waals surface area contributed by atoms with Crippen LogP contribution in [0.25, 0.3) is 0 Å². The Morgan fingerprint density at radius 1 is 1.47 bits per heavy atom. The van der Waals surface area contributed by atoms with Gasteiger partial charge in [-0.05, 0) is 29.7 Å². The van der Waals surface area contributed by atoms with Crippen LogP contribution in [0.15, 0.2) is 0 Å². The molecule has 0 spiro atoms. The van der Waals surface area contributed by atoms with Gasteiger partial charge in [-0.1, -0.05) is 25.7 Å². The maximum atomic E-state index is 9.89. The summed E-state index contributed by atoms with van der Waals surface area (Å²) in [6, 6.07) is 0. The van der Waals surface area contributed by atoms with Crippen molar-refractivity contribution < 1.29 is 5.11 Å². The second-order valence-corrected chi connectivity index (χ2v) is 4.45. The molecule has 1 saturated carbocycles. The van der Waals surface area contributed by atoms with Crippen molar-refractivity contribution in [3.63, 3.8) is 0 Å². The van der Waals surface area contributed by atoms with Gasteiger partial charge >= 0.3 is 0 Å². The molecule has 1 atom stereocenters. The Bertz CT molecular complexity index is 306. The Balaban J connectivity index is 1.81. The van der Waals surface area contributed by atoms with E-state index in [1.165, 1.54) is 25.7 Å². The molecule has 1 aliphatic carbocycles. The summed E-state index contributed by atoms with van der Waals surface area (Å²) in [5.41, 5.74) is 0. The lowest BCUT2D eigenvalue weighted by Gasteiger charge is -2.15. The van der Waals surface area contributed by atoms with Gasteiger partial charge in [0.1, 0.15) is 5.82 Å². The lowest BCUT2D eigenvalue weighted by molar-refractivity contribution is 0.119. The van der Waals surface area contributed by atoms with Crippen molar-refractivity contribution in [2.75, 3.05) is 0 Å². The van der Waals surface area contributed by atoms with E-state index < -0.39 is 0 Å². The molecule has 0 aromatic carbocycles. The van der Waals surface area contributed by atoms with Crippen molar-refractivity contribution in [2.24, 2.45) is 5.92 Å². The van der Waals surface area contributed by atoms with Crippen molar-refractivity contribution in [3.8, 4) is 0 Å². The number of rotatable bonds is 4. The van der Waals surface area contributed by atoms with Gasteiger partial charge in [-0.2, -0.15) is 0 Å². The van der Waals surface area contributed by atoms with Crippen LogP contribution in [0.3, 0.4) is 0 Å². The molecule has 15 heavy (non-hydrogen) atoms. The standard InChI is InChI=1S/C10H18N4O/c1-8-11-12-13-14(8)7-10(15)6-9-4-2-3-5-9/h9-10,15H,2-7H2,1H3. The van der Waals surface area contributed by atoms with E-state index in [2.05, 4.69) is 15.5 Å². The predicted molar refractivity (Wildman–Crippen MR) is 55.1 cm³/mol. The SMILES string of the molecule is Cc1nnnn1CC(O)CC1CCCC1. The number of nitrogens with zero attached hydrogens (tertiary/aromatic N) is 4. The van der Waals surface area contributed by atoms with Crippen LogP contribution in [0.5, 0.6) is 0 Å². The zero-order chi connectivity index (χ0) is 10.7. The van der Waals surface area contributed by atoms with E-state index >= 15 is 0 Å². The first-order valence-electron chi connectivity index (χ1n) is 5.66. The van der Waals surface area contributed by atoms with Gasteiger partial charge in [0.15, 0.2) is 0 Å². The van der Waals surface area contributed by atoms with Gasteiger partial charge in [0, 0.05) is 0 Å². The van der Waals surface area contributed by atoms with Gasteiger partial charge in [-0.25, -0.2) is 4.68 Å². The average molecular weight is 210 g/mol. The summed E-state index contributed by atoms with van der Waals surface area (Å²) >= 11 is 0. The molecule has 1 heterocycles. The summed E-state index contributed by atoms with van der Waals surface area (Å²) in [5.74, 6) is 1.47. The van der Waals surface area contributed by atoms with Crippen molar-refractivity contribution in [2.45, 2.75) is 51.7 Å². The third-order valence-electron chi connectivity index (χ3n) is 3.17. The van der Waals surface area contributed by atoms with Crippen LogP contribution in [0.1, 0.15) is 37.9 Å². The van der Waals surface area contributed by atoms with Gasteiger partial charge in [0.05, 0.1) is 12.6 Å². The lowest BCUT2D eigenvalue weighted by Crippen LogP contribution is -2.20. The van der Waals surface area contributed by atoms with Gasteiger partial charge < -0.3 is 5.11 Å². The molecule has 0 bridgehead atoms. The van der Waals surface area contributed by atoms with Crippen molar-refractivity contribution >= 4 is 0 Å². The zero-order valence-electron chi connectivity index (χ0n) is 9.13. The lowest BCUT2D eigenvalue weighted by atomic mass is 10.0. The van der Waals surface area contributed by atoms with E-state index in [1.54, 1.807) is 4.68 Å². The molecule has 5 heteroatoms. The van der Waals surface area contributed by atoms with E-state index in [0.717, 1.165) is 12.2 Å². The monoisotopic (exact) mass is 210 g/mol. The highest BCUT2D eigenvalue weighted by molar-refractivity contribution is 4.76. The summed E-state index contributed by atoms with van der Waals surface area (Å²) in [6.07, 6.45) is 5.76. The summed E-state index contributed by atoms with van der Waals surface area (Å²) in [5, 5.41) is 21.1. The first kappa shape index (κ1) is 10.5. The molecular weight excluding hydrogens is 192 g/mol. The minimum Gasteiger partial charge on any atom is -0.391 e. The Kier molecular flexibility index (Phi) is 3.30. The molecule has 1 fully saturated rings. The Labute approximate surface area is 89.5 Å². The summed E-state index contributed by atoms with van der Waals surface area (Å²) in [4.78, 5) is 0. The number of tetrazole rings is 1. The van der Waals surface area contributed by atoms with Crippen LogP contribution in [0.2, 0.25) is 0 Å². The molecule has 84 valence electrons. The van der Waals surface area contributed by atoms with E-state index in [9.17, 15) is 5.11 Å². The summed E-state index contributed by atoms with van der Waals surface area (Å²) in [6.45, 7) is 2.37. The predicted octanol–water partition coefficient (Wildman–Crippen LogP) is 0.923.